The van der Waals surface area contributed by atoms with Crippen LogP contribution in [0.3, 0.4) is 0 Å². The summed E-state index contributed by atoms with van der Waals surface area (Å²) < 4.78 is 5.39. The zero-order valence-electron chi connectivity index (χ0n) is 17.5. The van der Waals surface area contributed by atoms with Gasteiger partial charge in [-0.2, -0.15) is 11.3 Å². The highest BCUT2D eigenvalue weighted by molar-refractivity contribution is 7.12. The number of rotatable bonds is 6. The van der Waals surface area contributed by atoms with Crippen LogP contribution in [-0.2, 0) is 20.7 Å². The third kappa shape index (κ3) is 4.90. The number of hydrogen-bond acceptors (Lipinski definition) is 6. The van der Waals surface area contributed by atoms with Crippen molar-refractivity contribution in [3.63, 3.8) is 0 Å². The molecule has 1 aromatic carbocycles. The molecule has 0 fully saturated rings. The first-order valence-electron chi connectivity index (χ1n) is 10.2. The Labute approximate surface area is 194 Å². The average Bonchev–Trinajstić information content (AvgIpc) is 3.53. The molecule has 3 heterocycles. The van der Waals surface area contributed by atoms with Gasteiger partial charge in [0.25, 0.3) is 5.91 Å². The molecule has 1 aliphatic heterocycles. The van der Waals surface area contributed by atoms with Gasteiger partial charge >= 0.3 is 11.8 Å². The standard InChI is InChI=1S/C23H23N3O4S2/c1-30-19(16-8-11-31-14-16)13-24-21(27)22(28)25-17-6-7-18-15(12-17)4-2-9-26(18)23(29)20-5-3-10-32-20/h3,5-8,10-12,14,19H,2,4,9,13H2,1H3,(H,24,27)(H,25,28)/t19-/m1/s1. The molecule has 1 aliphatic rings. The predicted molar refractivity (Wildman–Crippen MR) is 126 cm³/mol. The van der Waals surface area contributed by atoms with Gasteiger partial charge in [-0.25, -0.2) is 0 Å². The van der Waals surface area contributed by atoms with E-state index in [2.05, 4.69) is 10.6 Å². The van der Waals surface area contributed by atoms with Crippen LogP contribution in [0.5, 0.6) is 0 Å². The molecule has 0 bridgehead atoms. The molecule has 1 atom stereocenters. The summed E-state index contributed by atoms with van der Waals surface area (Å²) in [6.45, 7) is 0.853. The Hall–Kier alpha value is -3.01. The summed E-state index contributed by atoms with van der Waals surface area (Å²) in [6.07, 6.45) is 1.33. The Morgan fingerprint density at radius 1 is 1.16 bits per heavy atom. The third-order valence-electron chi connectivity index (χ3n) is 5.29. The lowest BCUT2D eigenvalue weighted by molar-refractivity contribution is -0.136. The molecule has 0 unspecified atom stereocenters. The van der Waals surface area contributed by atoms with Crippen molar-refractivity contribution in [3.8, 4) is 0 Å². The zero-order valence-corrected chi connectivity index (χ0v) is 19.1. The van der Waals surface area contributed by atoms with Gasteiger partial charge in [0.15, 0.2) is 0 Å². The highest BCUT2D eigenvalue weighted by atomic mass is 32.1. The van der Waals surface area contributed by atoms with Crippen molar-refractivity contribution in [2.75, 3.05) is 30.4 Å². The van der Waals surface area contributed by atoms with Crippen molar-refractivity contribution in [2.45, 2.75) is 18.9 Å². The normalized spacial score (nSPS) is 13.8. The van der Waals surface area contributed by atoms with Crippen molar-refractivity contribution in [2.24, 2.45) is 0 Å². The summed E-state index contributed by atoms with van der Waals surface area (Å²) >= 11 is 2.96. The molecule has 7 nitrogen and oxygen atoms in total. The Kier molecular flexibility index (Phi) is 6.99. The molecule has 166 valence electrons. The Bertz CT molecular complexity index is 1100. The summed E-state index contributed by atoms with van der Waals surface area (Å²) in [6, 6.07) is 11.0. The molecular formula is C23H23N3O4S2. The first-order valence-corrected chi connectivity index (χ1v) is 12.0. The number of thiophene rings is 2. The van der Waals surface area contributed by atoms with E-state index in [1.54, 1.807) is 29.4 Å². The second-order valence-corrected chi connectivity index (χ2v) is 9.05. The highest BCUT2D eigenvalue weighted by Gasteiger charge is 2.25. The summed E-state index contributed by atoms with van der Waals surface area (Å²) in [4.78, 5) is 39.9. The van der Waals surface area contributed by atoms with Crippen molar-refractivity contribution in [1.82, 2.24) is 5.32 Å². The minimum absolute atomic E-state index is 0.0181. The van der Waals surface area contributed by atoms with Crippen molar-refractivity contribution in [1.29, 1.82) is 0 Å². The van der Waals surface area contributed by atoms with Crippen LogP contribution in [0.1, 0.15) is 33.3 Å². The molecule has 3 amide bonds. The fraction of sp³-hybridized carbons (Fsp3) is 0.261. The van der Waals surface area contributed by atoms with Gasteiger partial charge in [-0.15, -0.1) is 11.3 Å². The SMILES string of the molecule is CO[C@H](CNC(=O)C(=O)Nc1ccc2c(c1)CCCN2C(=O)c1cccs1)c1ccsc1. The first kappa shape index (κ1) is 22.2. The number of nitrogens with one attached hydrogen (secondary N) is 2. The van der Waals surface area contributed by atoms with Gasteiger partial charge in [-0.3, -0.25) is 14.4 Å². The lowest BCUT2D eigenvalue weighted by Gasteiger charge is -2.29. The second-order valence-electron chi connectivity index (χ2n) is 7.33. The van der Waals surface area contributed by atoms with Gasteiger partial charge in [0.1, 0.15) is 6.10 Å². The topological polar surface area (TPSA) is 87.7 Å². The van der Waals surface area contributed by atoms with Crippen LogP contribution < -0.4 is 15.5 Å². The van der Waals surface area contributed by atoms with Crippen molar-refractivity contribution < 1.29 is 19.1 Å². The maximum absolute atomic E-state index is 12.8. The van der Waals surface area contributed by atoms with E-state index in [9.17, 15) is 14.4 Å². The zero-order chi connectivity index (χ0) is 22.5. The van der Waals surface area contributed by atoms with Crippen LogP contribution in [0.15, 0.2) is 52.5 Å². The van der Waals surface area contributed by atoms with Gasteiger partial charge < -0.3 is 20.3 Å². The quantitative estimate of drug-likeness (QED) is 0.537. The van der Waals surface area contributed by atoms with E-state index in [1.165, 1.54) is 11.3 Å². The van der Waals surface area contributed by atoms with Crippen LogP contribution in [0.25, 0.3) is 0 Å². The number of carbonyl (C=O) groups excluding carboxylic acids is 3. The van der Waals surface area contributed by atoms with Gasteiger partial charge in [0.05, 0.1) is 4.88 Å². The van der Waals surface area contributed by atoms with Crippen LogP contribution in [-0.4, -0.2) is 37.9 Å². The minimum atomic E-state index is -0.743. The number of fused-ring (bicyclic) bond motifs is 1. The molecule has 3 aromatic rings. The summed E-state index contributed by atoms with van der Waals surface area (Å²) in [7, 11) is 1.56. The van der Waals surface area contributed by atoms with E-state index in [0.29, 0.717) is 17.1 Å². The molecule has 32 heavy (non-hydrogen) atoms. The van der Waals surface area contributed by atoms with E-state index < -0.39 is 11.8 Å². The number of benzene rings is 1. The van der Waals surface area contributed by atoms with Crippen LogP contribution in [0.2, 0.25) is 0 Å². The number of anilines is 2. The number of ether oxygens (including phenoxy) is 1. The first-order chi connectivity index (χ1) is 15.6. The number of carbonyl (C=O) groups is 3. The number of amides is 3. The fourth-order valence-electron chi connectivity index (χ4n) is 3.67. The van der Waals surface area contributed by atoms with Gasteiger partial charge in [-0.05, 0) is 70.4 Å². The summed E-state index contributed by atoms with van der Waals surface area (Å²) in [5.41, 5.74) is 3.29. The summed E-state index contributed by atoms with van der Waals surface area (Å²) in [5, 5.41) is 11.0. The van der Waals surface area contributed by atoms with Crippen LogP contribution in [0.4, 0.5) is 11.4 Å². The molecule has 4 rings (SSSR count). The van der Waals surface area contributed by atoms with E-state index in [-0.39, 0.29) is 18.6 Å². The third-order valence-corrected chi connectivity index (χ3v) is 6.85. The molecule has 0 saturated carbocycles. The molecule has 2 aromatic heterocycles. The fourth-order valence-corrected chi connectivity index (χ4v) is 5.04. The summed E-state index contributed by atoms with van der Waals surface area (Å²) in [5.74, 6) is -1.49. The van der Waals surface area contributed by atoms with E-state index >= 15 is 0 Å². The number of aryl methyl sites for hydroxylation is 1. The van der Waals surface area contributed by atoms with E-state index in [1.807, 2.05) is 46.5 Å². The maximum Gasteiger partial charge on any atom is 0.313 e. The molecule has 0 radical (unpaired) electrons. The molecule has 0 spiro atoms. The Morgan fingerprint density at radius 3 is 2.75 bits per heavy atom. The maximum atomic E-state index is 12.8. The van der Waals surface area contributed by atoms with Crippen LogP contribution in [0, 0.1) is 0 Å². The molecule has 9 heteroatoms. The van der Waals surface area contributed by atoms with Gasteiger partial charge in [0.2, 0.25) is 0 Å². The van der Waals surface area contributed by atoms with E-state index in [4.69, 9.17) is 4.74 Å². The van der Waals surface area contributed by atoms with Gasteiger partial charge in [-0.1, -0.05) is 6.07 Å². The number of hydrogen-bond donors (Lipinski definition) is 2. The average molecular weight is 470 g/mol. The lowest BCUT2D eigenvalue weighted by Crippen LogP contribution is -2.38. The van der Waals surface area contributed by atoms with Gasteiger partial charge in [0, 0.05) is 31.6 Å². The Morgan fingerprint density at radius 2 is 2.03 bits per heavy atom. The predicted octanol–water partition coefficient (Wildman–Crippen LogP) is 3.85. The number of methoxy groups -OCH3 is 1. The van der Waals surface area contributed by atoms with Crippen molar-refractivity contribution in [3.05, 3.63) is 68.5 Å². The number of nitrogens with zero attached hydrogens (tertiary/aromatic N) is 1. The highest BCUT2D eigenvalue weighted by Crippen LogP contribution is 2.31. The molecular weight excluding hydrogens is 446 g/mol. The molecule has 0 saturated heterocycles. The smallest absolute Gasteiger partial charge is 0.313 e. The largest absolute Gasteiger partial charge is 0.375 e. The lowest BCUT2D eigenvalue weighted by atomic mass is 10.0. The molecule has 0 aliphatic carbocycles. The Balaban J connectivity index is 1.39. The van der Waals surface area contributed by atoms with Crippen molar-refractivity contribution >= 4 is 51.8 Å². The monoisotopic (exact) mass is 469 g/mol. The molecule has 2 N–H and O–H groups in total. The second kappa shape index (κ2) is 10.1. The van der Waals surface area contributed by atoms with E-state index in [0.717, 1.165) is 29.7 Å². The van der Waals surface area contributed by atoms with Crippen LogP contribution >= 0.6 is 22.7 Å². The minimum Gasteiger partial charge on any atom is -0.375 e.